The predicted octanol–water partition coefficient (Wildman–Crippen LogP) is 1.56. The van der Waals surface area contributed by atoms with Gasteiger partial charge in [0, 0.05) is 31.2 Å². The maximum atomic E-state index is 12.7. The molecule has 22 heavy (non-hydrogen) atoms. The van der Waals surface area contributed by atoms with Gasteiger partial charge >= 0.3 is 0 Å². The Morgan fingerprint density at radius 3 is 3.05 bits per heavy atom. The normalized spacial score (nSPS) is 20.1. The second-order valence-electron chi connectivity index (χ2n) is 5.01. The van der Waals surface area contributed by atoms with Crippen LogP contribution in [0.4, 0.5) is 0 Å². The number of hydrogen-bond donors (Lipinski definition) is 0. The minimum atomic E-state index is -3.44. The van der Waals surface area contributed by atoms with Crippen LogP contribution in [0, 0.1) is 0 Å². The Kier molecular flexibility index (Phi) is 4.82. The molecule has 2 aromatic heterocycles. The third kappa shape index (κ3) is 3.35. The number of rotatable bonds is 5. The van der Waals surface area contributed by atoms with E-state index < -0.39 is 10.0 Å². The summed E-state index contributed by atoms with van der Waals surface area (Å²) in [5, 5.41) is 1.78. The average Bonchev–Trinajstić information content (AvgIpc) is 3.09. The number of sulfonamides is 1. The molecule has 0 saturated carbocycles. The molecule has 3 heterocycles. The molecule has 1 fully saturated rings. The molecule has 2 aromatic rings. The molecule has 118 valence electrons. The lowest BCUT2D eigenvalue weighted by Crippen LogP contribution is -2.48. The maximum Gasteiger partial charge on any atom is 0.252 e. The first kappa shape index (κ1) is 15.5. The lowest BCUT2D eigenvalue weighted by molar-refractivity contribution is 0.0298. The van der Waals surface area contributed by atoms with Crippen molar-refractivity contribution in [3.8, 4) is 0 Å². The lowest BCUT2D eigenvalue weighted by Gasteiger charge is -2.34. The van der Waals surface area contributed by atoms with E-state index in [0.717, 1.165) is 5.69 Å². The molecule has 0 amide bonds. The van der Waals surface area contributed by atoms with Crippen molar-refractivity contribution < 1.29 is 13.2 Å². The van der Waals surface area contributed by atoms with Gasteiger partial charge in [-0.05, 0) is 24.3 Å². The SMILES string of the molecule is O=S(=O)(c1cccs1)N1CCOCC1CCc1cnccn1. The molecule has 1 unspecified atom stereocenters. The summed E-state index contributed by atoms with van der Waals surface area (Å²) in [5.41, 5.74) is 0.863. The summed E-state index contributed by atoms with van der Waals surface area (Å²) in [6, 6.07) is 3.24. The monoisotopic (exact) mass is 339 g/mol. The van der Waals surface area contributed by atoms with E-state index in [9.17, 15) is 8.42 Å². The van der Waals surface area contributed by atoms with Crippen LogP contribution in [0.25, 0.3) is 0 Å². The molecule has 0 radical (unpaired) electrons. The first-order chi connectivity index (χ1) is 10.7. The zero-order chi connectivity index (χ0) is 15.4. The van der Waals surface area contributed by atoms with Crippen molar-refractivity contribution in [3.05, 3.63) is 41.8 Å². The van der Waals surface area contributed by atoms with Crippen LogP contribution in [0.3, 0.4) is 0 Å². The first-order valence-electron chi connectivity index (χ1n) is 7.06. The summed E-state index contributed by atoms with van der Waals surface area (Å²) in [5.74, 6) is 0. The molecular formula is C14H17N3O3S2. The highest BCUT2D eigenvalue weighted by atomic mass is 32.2. The highest BCUT2D eigenvalue weighted by Gasteiger charge is 2.34. The first-order valence-corrected chi connectivity index (χ1v) is 9.38. The number of aromatic nitrogens is 2. The van der Waals surface area contributed by atoms with Crippen molar-refractivity contribution in [2.75, 3.05) is 19.8 Å². The van der Waals surface area contributed by atoms with Crippen LogP contribution >= 0.6 is 11.3 Å². The van der Waals surface area contributed by atoms with Gasteiger partial charge in [0.1, 0.15) is 4.21 Å². The van der Waals surface area contributed by atoms with Crippen molar-refractivity contribution in [1.29, 1.82) is 0 Å². The fraction of sp³-hybridized carbons (Fsp3) is 0.429. The van der Waals surface area contributed by atoms with Crippen LogP contribution in [-0.4, -0.2) is 48.5 Å². The number of hydrogen-bond acceptors (Lipinski definition) is 6. The Labute approximate surface area is 133 Å². The smallest absolute Gasteiger partial charge is 0.252 e. The lowest BCUT2D eigenvalue weighted by atomic mass is 10.1. The van der Waals surface area contributed by atoms with E-state index in [1.54, 1.807) is 40.4 Å². The van der Waals surface area contributed by atoms with E-state index >= 15 is 0 Å². The summed E-state index contributed by atoms with van der Waals surface area (Å²) in [6.45, 7) is 1.25. The summed E-state index contributed by atoms with van der Waals surface area (Å²) >= 11 is 1.25. The minimum Gasteiger partial charge on any atom is -0.378 e. The van der Waals surface area contributed by atoms with Gasteiger partial charge < -0.3 is 4.74 Å². The molecule has 0 N–H and O–H groups in total. The Balaban J connectivity index is 1.74. The van der Waals surface area contributed by atoms with Gasteiger partial charge in [-0.15, -0.1) is 11.3 Å². The average molecular weight is 339 g/mol. The fourth-order valence-electron chi connectivity index (χ4n) is 2.48. The van der Waals surface area contributed by atoms with Crippen LogP contribution in [0.1, 0.15) is 12.1 Å². The van der Waals surface area contributed by atoms with Crippen LogP contribution < -0.4 is 0 Å². The van der Waals surface area contributed by atoms with Gasteiger partial charge in [-0.1, -0.05) is 6.07 Å². The minimum absolute atomic E-state index is 0.164. The van der Waals surface area contributed by atoms with E-state index in [4.69, 9.17) is 4.74 Å². The molecule has 8 heteroatoms. The van der Waals surface area contributed by atoms with E-state index in [-0.39, 0.29) is 6.04 Å². The van der Waals surface area contributed by atoms with Crippen LogP contribution in [0.2, 0.25) is 0 Å². The number of morpholine rings is 1. The molecular weight excluding hydrogens is 322 g/mol. The Morgan fingerprint density at radius 2 is 2.32 bits per heavy atom. The van der Waals surface area contributed by atoms with Crippen molar-refractivity contribution in [1.82, 2.24) is 14.3 Å². The van der Waals surface area contributed by atoms with Gasteiger partial charge in [-0.25, -0.2) is 8.42 Å². The quantitative estimate of drug-likeness (QED) is 0.827. The van der Waals surface area contributed by atoms with Crippen molar-refractivity contribution in [3.63, 3.8) is 0 Å². The number of ether oxygens (including phenoxy) is 1. The van der Waals surface area contributed by atoms with Crippen LogP contribution in [0.5, 0.6) is 0 Å². The molecule has 1 saturated heterocycles. The predicted molar refractivity (Wildman–Crippen MR) is 83.2 cm³/mol. The Morgan fingerprint density at radius 1 is 1.41 bits per heavy atom. The van der Waals surface area contributed by atoms with Gasteiger partial charge in [-0.3, -0.25) is 9.97 Å². The molecule has 1 aliphatic rings. The summed E-state index contributed by atoms with van der Waals surface area (Å²) in [7, 11) is -3.44. The van der Waals surface area contributed by atoms with Gasteiger partial charge in [0.2, 0.25) is 0 Å². The summed E-state index contributed by atoms with van der Waals surface area (Å²) in [6.07, 6.45) is 6.33. The second kappa shape index (κ2) is 6.82. The van der Waals surface area contributed by atoms with Crippen LogP contribution in [-0.2, 0) is 21.2 Å². The van der Waals surface area contributed by atoms with Crippen molar-refractivity contribution >= 4 is 21.4 Å². The van der Waals surface area contributed by atoms with Crippen molar-refractivity contribution in [2.24, 2.45) is 0 Å². The highest BCUT2D eigenvalue weighted by Crippen LogP contribution is 2.25. The van der Waals surface area contributed by atoms with E-state index in [2.05, 4.69) is 9.97 Å². The number of nitrogens with zero attached hydrogens (tertiary/aromatic N) is 3. The zero-order valence-corrected chi connectivity index (χ0v) is 13.6. The van der Waals surface area contributed by atoms with Gasteiger partial charge in [0.25, 0.3) is 10.0 Å². The summed E-state index contributed by atoms with van der Waals surface area (Å²) < 4.78 is 32.9. The molecule has 3 rings (SSSR count). The maximum absolute atomic E-state index is 12.7. The second-order valence-corrected chi connectivity index (χ2v) is 8.08. The topological polar surface area (TPSA) is 72.4 Å². The van der Waals surface area contributed by atoms with Gasteiger partial charge in [0.05, 0.1) is 18.9 Å². The molecule has 0 bridgehead atoms. The molecule has 0 spiro atoms. The standard InChI is InChI=1S/C14H17N3O3S2/c18-22(19,14-2-1-9-21-14)17-7-8-20-11-13(17)4-3-12-10-15-5-6-16-12/h1-2,5-6,9-10,13H,3-4,7-8,11H2. The number of aryl methyl sites for hydroxylation is 1. The molecule has 1 aliphatic heterocycles. The highest BCUT2D eigenvalue weighted by molar-refractivity contribution is 7.91. The largest absolute Gasteiger partial charge is 0.378 e. The van der Waals surface area contributed by atoms with E-state index in [1.807, 2.05) is 0 Å². The fourth-order valence-corrected chi connectivity index (χ4v) is 5.23. The van der Waals surface area contributed by atoms with E-state index in [1.165, 1.54) is 11.3 Å². The van der Waals surface area contributed by atoms with Crippen LogP contribution in [0.15, 0.2) is 40.3 Å². The Hall–Kier alpha value is -1.35. The third-order valence-electron chi connectivity index (χ3n) is 3.58. The van der Waals surface area contributed by atoms with E-state index in [0.29, 0.717) is 36.8 Å². The molecule has 1 atom stereocenters. The molecule has 0 aromatic carbocycles. The third-order valence-corrected chi connectivity index (χ3v) is 6.91. The van der Waals surface area contributed by atoms with Crippen molar-refractivity contribution in [2.45, 2.75) is 23.1 Å². The Bertz CT molecular complexity index is 689. The molecule has 0 aliphatic carbocycles. The van der Waals surface area contributed by atoms with Gasteiger partial charge in [0.15, 0.2) is 0 Å². The summed E-state index contributed by atoms with van der Waals surface area (Å²) in [4.78, 5) is 8.26. The number of thiophene rings is 1. The molecule has 6 nitrogen and oxygen atoms in total. The van der Waals surface area contributed by atoms with Gasteiger partial charge in [-0.2, -0.15) is 4.31 Å². The zero-order valence-electron chi connectivity index (χ0n) is 12.0.